The molecule has 1 aromatic heterocycles. The molecule has 1 unspecified atom stereocenters. The maximum atomic E-state index is 6.28. The summed E-state index contributed by atoms with van der Waals surface area (Å²) in [6, 6.07) is 7.29. The Hall–Kier alpha value is -1.45. The Balaban J connectivity index is 1.84. The van der Waals surface area contributed by atoms with Crippen molar-refractivity contribution in [3.8, 4) is 11.1 Å². The number of benzene rings is 1. The fourth-order valence-corrected chi connectivity index (χ4v) is 3.16. The number of nitrogens with zero attached hydrogens (tertiary/aromatic N) is 1. The normalized spacial score (nSPS) is 15.6. The van der Waals surface area contributed by atoms with E-state index in [1.807, 2.05) is 18.2 Å². The van der Waals surface area contributed by atoms with E-state index in [2.05, 4.69) is 17.2 Å². The van der Waals surface area contributed by atoms with E-state index in [1.165, 1.54) is 12.8 Å². The maximum Gasteiger partial charge on any atom is 0.149 e. The van der Waals surface area contributed by atoms with Crippen LogP contribution in [0.1, 0.15) is 19.8 Å². The number of hydrogen-bond acceptors (Lipinski definition) is 3. The van der Waals surface area contributed by atoms with Gasteiger partial charge in [0.1, 0.15) is 5.82 Å². The predicted octanol–water partition coefficient (Wildman–Crippen LogP) is 5.10. The van der Waals surface area contributed by atoms with Crippen LogP contribution in [0.2, 0.25) is 10.0 Å². The van der Waals surface area contributed by atoms with Crippen molar-refractivity contribution in [1.29, 1.82) is 0 Å². The molecule has 0 aliphatic heterocycles. The molecule has 1 saturated carbocycles. The van der Waals surface area contributed by atoms with Gasteiger partial charge in [0.2, 0.25) is 0 Å². The summed E-state index contributed by atoms with van der Waals surface area (Å²) >= 11 is 12.2. The zero-order chi connectivity index (χ0) is 15.7. The van der Waals surface area contributed by atoms with E-state index in [0.29, 0.717) is 21.7 Å². The van der Waals surface area contributed by atoms with E-state index in [-0.39, 0.29) is 0 Å². The molecule has 3 nitrogen and oxygen atoms in total. The van der Waals surface area contributed by atoms with Crippen LogP contribution >= 0.6 is 23.2 Å². The first-order valence-electron chi connectivity index (χ1n) is 7.50. The zero-order valence-electron chi connectivity index (χ0n) is 12.4. The van der Waals surface area contributed by atoms with Gasteiger partial charge >= 0.3 is 0 Å². The molecule has 2 aromatic rings. The second-order valence-electron chi connectivity index (χ2n) is 5.94. The standard InChI is InChI=1S/C17H19Cl2N3/c1-10(11-2-3-11)9-22-17-16(20)14(6-7-21-17)13-5-4-12(18)8-15(13)19/h4-8,10-11H,2-3,9,20H2,1H3,(H,21,22). The molecular formula is C17H19Cl2N3. The van der Waals surface area contributed by atoms with Gasteiger partial charge in [-0.1, -0.05) is 36.2 Å². The first-order chi connectivity index (χ1) is 10.6. The number of anilines is 2. The van der Waals surface area contributed by atoms with Crippen molar-refractivity contribution >= 4 is 34.7 Å². The lowest BCUT2D eigenvalue weighted by Crippen LogP contribution is -2.15. The lowest BCUT2D eigenvalue weighted by molar-refractivity contribution is 0.536. The van der Waals surface area contributed by atoms with Crippen LogP contribution in [0.15, 0.2) is 30.5 Å². The van der Waals surface area contributed by atoms with Crippen LogP contribution in [0.3, 0.4) is 0 Å². The molecule has 1 fully saturated rings. The quantitative estimate of drug-likeness (QED) is 0.799. The van der Waals surface area contributed by atoms with Crippen LogP contribution in [0.4, 0.5) is 11.5 Å². The van der Waals surface area contributed by atoms with Gasteiger partial charge in [0.15, 0.2) is 0 Å². The molecule has 0 saturated heterocycles. The summed E-state index contributed by atoms with van der Waals surface area (Å²) in [6.07, 6.45) is 4.43. The summed E-state index contributed by atoms with van der Waals surface area (Å²) in [5.41, 5.74) is 8.64. The fraction of sp³-hybridized carbons (Fsp3) is 0.353. The molecule has 0 radical (unpaired) electrons. The average molecular weight is 336 g/mol. The average Bonchev–Trinajstić information content (AvgIpc) is 3.31. The Morgan fingerprint density at radius 3 is 2.73 bits per heavy atom. The molecule has 0 spiro atoms. The molecule has 0 bridgehead atoms. The highest BCUT2D eigenvalue weighted by molar-refractivity contribution is 6.36. The summed E-state index contributed by atoms with van der Waals surface area (Å²) in [4.78, 5) is 4.36. The minimum atomic E-state index is 0.586. The summed E-state index contributed by atoms with van der Waals surface area (Å²) < 4.78 is 0. The fourth-order valence-electron chi connectivity index (χ4n) is 2.65. The number of nitrogens with two attached hydrogens (primary N) is 1. The summed E-state index contributed by atoms with van der Waals surface area (Å²) in [5, 5.41) is 4.56. The Morgan fingerprint density at radius 2 is 2.05 bits per heavy atom. The van der Waals surface area contributed by atoms with Crippen LogP contribution in [0.5, 0.6) is 0 Å². The van der Waals surface area contributed by atoms with Gasteiger partial charge in [-0.05, 0) is 42.9 Å². The summed E-state index contributed by atoms with van der Waals surface area (Å²) in [6.45, 7) is 3.15. The molecule has 3 rings (SSSR count). The first-order valence-corrected chi connectivity index (χ1v) is 8.25. The number of pyridine rings is 1. The molecule has 5 heteroatoms. The smallest absolute Gasteiger partial charge is 0.149 e. The molecule has 22 heavy (non-hydrogen) atoms. The van der Waals surface area contributed by atoms with Gasteiger partial charge in [0, 0.05) is 33.9 Å². The monoisotopic (exact) mass is 335 g/mol. The van der Waals surface area contributed by atoms with Crippen molar-refractivity contribution in [2.24, 2.45) is 11.8 Å². The van der Waals surface area contributed by atoms with E-state index >= 15 is 0 Å². The largest absolute Gasteiger partial charge is 0.395 e. The Labute approximate surface area is 140 Å². The molecule has 116 valence electrons. The van der Waals surface area contributed by atoms with Gasteiger partial charge in [-0.3, -0.25) is 0 Å². The van der Waals surface area contributed by atoms with Gasteiger partial charge in [-0.15, -0.1) is 0 Å². The van der Waals surface area contributed by atoms with Crippen molar-refractivity contribution in [3.05, 3.63) is 40.5 Å². The molecule has 1 aliphatic rings. The van der Waals surface area contributed by atoms with Gasteiger partial charge < -0.3 is 11.1 Å². The van der Waals surface area contributed by atoms with E-state index in [9.17, 15) is 0 Å². The van der Waals surface area contributed by atoms with Gasteiger partial charge in [0.05, 0.1) is 5.69 Å². The third kappa shape index (κ3) is 3.31. The zero-order valence-corrected chi connectivity index (χ0v) is 14.0. The topological polar surface area (TPSA) is 50.9 Å². The van der Waals surface area contributed by atoms with Gasteiger partial charge in [-0.2, -0.15) is 0 Å². The number of halogens is 2. The van der Waals surface area contributed by atoms with E-state index < -0.39 is 0 Å². The number of nitrogen functional groups attached to an aromatic ring is 1. The third-order valence-corrected chi connectivity index (χ3v) is 4.78. The van der Waals surface area contributed by atoms with E-state index in [0.717, 1.165) is 29.4 Å². The van der Waals surface area contributed by atoms with Gasteiger partial charge in [-0.25, -0.2) is 4.98 Å². The Bertz CT molecular complexity index is 684. The highest BCUT2D eigenvalue weighted by Gasteiger charge is 2.27. The second kappa shape index (κ2) is 6.35. The Morgan fingerprint density at radius 1 is 1.27 bits per heavy atom. The Kier molecular flexibility index (Phi) is 4.46. The molecule has 1 heterocycles. The molecule has 0 amide bonds. The third-order valence-electron chi connectivity index (χ3n) is 4.23. The first kappa shape index (κ1) is 15.4. The van der Waals surface area contributed by atoms with Crippen LogP contribution in [0, 0.1) is 11.8 Å². The SMILES string of the molecule is CC(CNc1nccc(-c2ccc(Cl)cc2Cl)c1N)C1CC1. The second-order valence-corrected chi connectivity index (χ2v) is 6.78. The van der Waals surface area contributed by atoms with Crippen molar-refractivity contribution < 1.29 is 0 Å². The van der Waals surface area contributed by atoms with Crippen molar-refractivity contribution in [3.63, 3.8) is 0 Å². The van der Waals surface area contributed by atoms with Crippen LogP contribution < -0.4 is 11.1 Å². The number of nitrogens with one attached hydrogen (secondary N) is 1. The van der Waals surface area contributed by atoms with Gasteiger partial charge in [0.25, 0.3) is 0 Å². The number of hydrogen-bond donors (Lipinski definition) is 2. The van der Waals surface area contributed by atoms with Crippen LogP contribution in [0.25, 0.3) is 11.1 Å². The maximum absolute atomic E-state index is 6.28. The van der Waals surface area contributed by atoms with Crippen molar-refractivity contribution in [2.45, 2.75) is 19.8 Å². The molecule has 3 N–H and O–H groups in total. The molecular weight excluding hydrogens is 317 g/mol. The van der Waals surface area contributed by atoms with E-state index in [1.54, 1.807) is 12.3 Å². The lowest BCUT2D eigenvalue weighted by Gasteiger charge is -2.16. The highest BCUT2D eigenvalue weighted by atomic mass is 35.5. The van der Waals surface area contributed by atoms with Crippen LogP contribution in [-0.2, 0) is 0 Å². The van der Waals surface area contributed by atoms with Crippen molar-refractivity contribution in [2.75, 3.05) is 17.6 Å². The number of rotatable bonds is 5. The van der Waals surface area contributed by atoms with Crippen LogP contribution in [-0.4, -0.2) is 11.5 Å². The minimum absolute atomic E-state index is 0.586. The molecule has 1 atom stereocenters. The predicted molar refractivity (Wildman–Crippen MR) is 94.5 cm³/mol. The molecule has 1 aromatic carbocycles. The highest BCUT2D eigenvalue weighted by Crippen LogP contribution is 2.38. The lowest BCUT2D eigenvalue weighted by atomic mass is 10.0. The summed E-state index contributed by atoms with van der Waals surface area (Å²) in [5.74, 6) is 2.21. The summed E-state index contributed by atoms with van der Waals surface area (Å²) in [7, 11) is 0. The number of aromatic nitrogens is 1. The van der Waals surface area contributed by atoms with E-state index in [4.69, 9.17) is 28.9 Å². The minimum Gasteiger partial charge on any atom is -0.395 e. The van der Waals surface area contributed by atoms with Crippen molar-refractivity contribution in [1.82, 2.24) is 4.98 Å². The molecule has 1 aliphatic carbocycles.